The van der Waals surface area contributed by atoms with Crippen molar-refractivity contribution in [3.05, 3.63) is 74.2 Å². The molecule has 0 N–H and O–H groups in total. The molecule has 0 radical (unpaired) electrons. The normalized spacial score (nSPS) is 11.9. The number of rotatable bonds is 3. The Kier molecular flexibility index (Phi) is 4.62. The SMILES string of the molecule is Cc1csc(=Nc2cccnc2)n1Cc1ccc(Cl)cc1Cl. The zero-order chi connectivity index (χ0) is 15.5. The molecule has 0 unspecified atom stereocenters. The zero-order valence-corrected chi connectivity index (χ0v) is 14.2. The molecule has 0 saturated heterocycles. The van der Waals surface area contributed by atoms with E-state index in [9.17, 15) is 0 Å². The van der Waals surface area contributed by atoms with Gasteiger partial charge in [0.25, 0.3) is 0 Å². The molecule has 2 aromatic heterocycles. The van der Waals surface area contributed by atoms with Crippen molar-refractivity contribution in [2.75, 3.05) is 0 Å². The Balaban J connectivity index is 2.01. The molecule has 0 atom stereocenters. The van der Waals surface area contributed by atoms with Gasteiger partial charge >= 0.3 is 0 Å². The molecule has 0 saturated carbocycles. The third-order valence-electron chi connectivity index (χ3n) is 3.21. The van der Waals surface area contributed by atoms with Crippen molar-refractivity contribution in [2.24, 2.45) is 4.99 Å². The molecule has 6 heteroatoms. The summed E-state index contributed by atoms with van der Waals surface area (Å²) in [5.41, 5.74) is 2.99. The minimum Gasteiger partial charge on any atom is -0.317 e. The highest BCUT2D eigenvalue weighted by Crippen LogP contribution is 2.22. The smallest absolute Gasteiger partial charge is 0.190 e. The van der Waals surface area contributed by atoms with Crippen LogP contribution in [0.4, 0.5) is 5.69 Å². The van der Waals surface area contributed by atoms with E-state index in [1.54, 1.807) is 29.8 Å². The Bertz CT molecular complexity index is 853. The standard InChI is InChI=1S/C16H13Cl2N3S/c1-11-10-22-16(20-14-3-2-6-19-8-14)21(11)9-12-4-5-13(17)7-15(12)18/h2-8,10H,9H2,1H3. The van der Waals surface area contributed by atoms with E-state index in [-0.39, 0.29) is 0 Å². The third kappa shape index (κ3) is 3.40. The van der Waals surface area contributed by atoms with Gasteiger partial charge in [-0.2, -0.15) is 0 Å². The fraction of sp³-hybridized carbons (Fsp3) is 0.125. The molecule has 1 aromatic carbocycles. The number of halogens is 2. The number of hydrogen-bond donors (Lipinski definition) is 0. The van der Waals surface area contributed by atoms with E-state index in [1.807, 2.05) is 24.3 Å². The first-order valence-corrected chi connectivity index (χ1v) is 8.30. The number of pyridine rings is 1. The summed E-state index contributed by atoms with van der Waals surface area (Å²) < 4.78 is 2.13. The molecule has 0 aliphatic rings. The lowest BCUT2D eigenvalue weighted by Crippen LogP contribution is -2.17. The van der Waals surface area contributed by atoms with Crippen LogP contribution in [0.1, 0.15) is 11.3 Å². The van der Waals surface area contributed by atoms with Crippen LogP contribution in [-0.4, -0.2) is 9.55 Å². The first-order valence-electron chi connectivity index (χ1n) is 6.67. The molecular formula is C16H13Cl2N3S. The average molecular weight is 350 g/mol. The Hall–Kier alpha value is -1.62. The summed E-state index contributed by atoms with van der Waals surface area (Å²) in [5, 5.41) is 3.39. The molecule has 0 fully saturated rings. The van der Waals surface area contributed by atoms with Gasteiger partial charge in [0.2, 0.25) is 0 Å². The molecule has 112 valence electrons. The Morgan fingerprint density at radius 1 is 1.27 bits per heavy atom. The zero-order valence-electron chi connectivity index (χ0n) is 11.8. The van der Waals surface area contributed by atoms with Crippen molar-refractivity contribution in [3.8, 4) is 0 Å². The van der Waals surface area contributed by atoms with Crippen molar-refractivity contribution >= 4 is 40.2 Å². The monoisotopic (exact) mass is 349 g/mol. The van der Waals surface area contributed by atoms with E-state index >= 15 is 0 Å². The molecule has 0 aliphatic heterocycles. The van der Waals surface area contributed by atoms with Gasteiger partial charge in [-0.05, 0) is 36.8 Å². The molecule has 3 rings (SSSR count). The second-order valence-electron chi connectivity index (χ2n) is 4.80. The molecule has 0 amide bonds. The van der Waals surface area contributed by atoms with Gasteiger partial charge in [-0.15, -0.1) is 11.3 Å². The first-order chi connectivity index (χ1) is 10.6. The number of thiazole rings is 1. The predicted octanol–water partition coefficient (Wildman–Crippen LogP) is 4.84. The van der Waals surface area contributed by atoms with Gasteiger partial charge < -0.3 is 4.57 Å². The van der Waals surface area contributed by atoms with Crippen molar-refractivity contribution < 1.29 is 0 Å². The lowest BCUT2D eigenvalue weighted by molar-refractivity contribution is 0.742. The summed E-state index contributed by atoms with van der Waals surface area (Å²) in [4.78, 5) is 9.66. The van der Waals surface area contributed by atoms with E-state index in [2.05, 4.69) is 26.8 Å². The second kappa shape index (κ2) is 6.65. The maximum absolute atomic E-state index is 6.28. The van der Waals surface area contributed by atoms with E-state index in [0.29, 0.717) is 16.6 Å². The van der Waals surface area contributed by atoms with Gasteiger partial charge in [-0.3, -0.25) is 4.98 Å². The first kappa shape index (κ1) is 15.3. The van der Waals surface area contributed by atoms with E-state index < -0.39 is 0 Å². The number of aryl methyl sites for hydroxylation is 1. The molecule has 2 heterocycles. The Morgan fingerprint density at radius 3 is 2.86 bits per heavy atom. The molecule has 3 nitrogen and oxygen atoms in total. The number of nitrogens with zero attached hydrogens (tertiary/aromatic N) is 3. The van der Waals surface area contributed by atoms with Gasteiger partial charge in [-0.1, -0.05) is 29.3 Å². The highest BCUT2D eigenvalue weighted by molar-refractivity contribution is 7.07. The summed E-state index contributed by atoms with van der Waals surface area (Å²) >= 11 is 13.8. The minimum absolute atomic E-state index is 0.640. The maximum Gasteiger partial charge on any atom is 0.190 e. The average Bonchev–Trinajstić information content (AvgIpc) is 2.84. The summed E-state index contributed by atoms with van der Waals surface area (Å²) in [6.07, 6.45) is 3.48. The molecule has 0 aliphatic carbocycles. The van der Waals surface area contributed by atoms with E-state index in [0.717, 1.165) is 21.7 Å². The summed E-state index contributed by atoms with van der Waals surface area (Å²) in [5.74, 6) is 0. The highest BCUT2D eigenvalue weighted by Gasteiger charge is 2.06. The fourth-order valence-electron chi connectivity index (χ4n) is 2.05. The van der Waals surface area contributed by atoms with Crippen LogP contribution >= 0.6 is 34.5 Å². The Labute approximate surface area is 142 Å². The largest absolute Gasteiger partial charge is 0.317 e. The summed E-state index contributed by atoms with van der Waals surface area (Å²) in [7, 11) is 0. The van der Waals surface area contributed by atoms with Crippen molar-refractivity contribution in [3.63, 3.8) is 0 Å². The number of hydrogen-bond acceptors (Lipinski definition) is 3. The molecule has 22 heavy (non-hydrogen) atoms. The van der Waals surface area contributed by atoms with Gasteiger partial charge in [0.1, 0.15) is 0 Å². The lowest BCUT2D eigenvalue weighted by Gasteiger charge is -2.08. The van der Waals surface area contributed by atoms with Gasteiger partial charge in [0, 0.05) is 27.3 Å². The maximum atomic E-state index is 6.28. The third-order valence-corrected chi connectivity index (χ3v) is 4.77. The van der Waals surface area contributed by atoms with Crippen LogP contribution in [0.5, 0.6) is 0 Å². The van der Waals surface area contributed by atoms with Crippen molar-refractivity contribution in [2.45, 2.75) is 13.5 Å². The summed E-state index contributed by atoms with van der Waals surface area (Å²) in [6.45, 7) is 2.72. The molecule has 3 aromatic rings. The van der Waals surface area contributed by atoms with E-state index in [1.165, 1.54) is 0 Å². The van der Waals surface area contributed by atoms with Crippen LogP contribution in [0.2, 0.25) is 10.0 Å². The van der Waals surface area contributed by atoms with E-state index in [4.69, 9.17) is 23.2 Å². The van der Waals surface area contributed by atoms with Crippen LogP contribution < -0.4 is 4.80 Å². The van der Waals surface area contributed by atoms with Gasteiger partial charge in [0.05, 0.1) is 18.4 Å². The molecule has 0 spiro atoms. The minimum atomic E-state index is 0.640. The number of aromatic nitrogens is 2. The van der Waals surface area contributed by atoms with Crippen molar-refractivity contribution in [1.82, 2.24) is 9.55 Å². The van der Waals surface area contributed by atoms with Crippen LogP contribution in [0.25, 0.3) is 0 Å². The molecule has 0 bridgehead atoms. The van der Waals surface area contributed by atoms with Crippen LogP contribution in [0, 0.1) is 6.92 Å². The Morgan fingerprint density at radius 2 is 2.14 bits per heavy atom. The van der Waals surface area contributed by atoms with Crippen LogP contribution in [-0.2, 0) is 6.54 Å². The molecular weight excluding hydrogens is 337 g/mol. The lowest BCUT2D eigenvalue weighted by atomic mass is 10.2. The van der Waals surface area contributed by atoms with Crippen LogP contribution in [0.15, 0.2) is 53.1 Å². The fourth-order valence-corrected chi connectivity index (χ4v) is 3.41. The predicted molar refractivity (Wildman–Crippen MR) is 92.1 cm³/mol. The van der Waals surface area contributed by atoms with Crippen molar-refractivity contribution in [1.29, 1.82) is 0 Å². The van der Waals surface area contributed by atoms with Gasteiger partial charge in [0.15, 0.2) is 4.80 Å². The van der Waals surface area contributed by atoms with Crippen LogP contribution in [0.3, 0.4) is 0 Å². The summed E-state index contributed by atoms with van der Waals surface area (Å²) in [6, 6.07) is 9.37. The second-order valence-corrected chi connectivity index (χ2v) is 6.48. The highest BCUT2D eigenvalue weighted by atomic mass is 35.5. The quantitative estimate of drug-likeness (QED) is 0.665. The van der Waals surface area contributed by atoms with Gasteiger partial charge in [-0.25, -0.2) is 4.99 Å². The topological polar surface area (TPSA) is 30.2 Å². The number of benzene rings is 1.